The van der Waals surface area contributed by atoms with Crippen molar-refractivity contribution < 1.29 is 23.9 Å². The highest BCUT2D eigenvalue weighted by atomic mass is 16.6. The second kappa shape index (κ2) is 11.7. The number of carbonyl (C=O) groups is 3. The number of aliphatic imine (C=N–C) groups is 1. The number of nitrogens with one attached hydrogen (secondary N) is 1. The van der Waals surface area contributed by atoms with Crippen LogP contribution in [0.4, 0.5) is 4.79 Å². The summed E-state index contributed by atoms with van der Waals surface area (Å²) in [5, 5.41) is 2.63. The van der Waals surface area contributed by atoms with E-state index in [2.05, 4.69) is 10.3 Å². The Bertz CT molecular complexity index is 569. The third kappa shape index (κ3) is 10.3. The van der Waals surface area contributed by atoms with E-state index in [0.29, 0.717) is 6.42 Å². The fraction of sp³-hybridized carbons (Fsp3) is 0.800. The minimum atomic E-state index is -0.827. The standard InChI is InChI=1S/C20H35N3O5/c1-6-15-12-10-8-7-9-11-13-16(24)21-18(23(5)14-17(25)27-15)22-19(26)28-20(2,3)4/h15H,6-14H2,1-5H3,(H,21,22,24,26). The van der Waals surface area contributed by atoms with E-state index in [-0.39, 0.29) is 24.5 Å². The monoisotopic (exact) mass is 397 g/mol. The van der Waals surface area contributed by atoms with E-state index in [0.717, 1.165) is 44.9 Å². The van der Waals surface area contributed by atoms with Gasteiger partial charge in [-0.3, -0.25) is 14.9 Å². The van der Waals surface area contributed by atoms with Crippen molar-refractivity contribution in [2.24, 2.45) is 4.99 Å². The van der Waals surface area contributed by atoms with Gasteiger partial charge in [0.15, 0.2) is 0 Å². The van der Waals surface area contributed by atoms with Crippen LogP contribution in [0.1, 0.15) is 79.1 Å². The fourth-order valence-electron chi connectivity index (χ4n) is 2.79. The summed E-state index contributed by atoms with van der Waals surface area (Å²) in [5.74, 6) is -0.682. The van der Waals surface area contributed by atoms with Crippen LogP contribution in [0.15, 0.2) is 4.99 Å². The van der Waals surface area contributed by atoms with Crippen molar-refractivity contribution in [2.75, 3.05) is 13.6 Å². The van der Waals surface area contributed by atoms with Gasteiger partial charge in [-0.2, -0.15) is 0 Å². The maximum Gasteiger partial charge on any atom is 0.437 e. The van der Waals surface area contributed by atoms with Gasteiger partial charge in [-0.25, -0.2) is 4.79 Å². The zero-order valence-electron chi connectivity index (χ0n) is 17.9. The Balaban J connectivity index is 2.95. The number of hydrogen-bond acceptors (Lipinski definition) is 5. The zero-order valence-corrected chi connectivity index (χ0v) is 17.9. The summed E-state index contributed by atoms with van der Waals surface area (Å²) < 4.78 is 10.7. The van der Waals surface area contributed by atoms with Crippen LogP contribution in [0.3, 0.4) is 0 Å². The van der Waals surface area contributed by atoms with E-state index in [9.17, 15) is 14.4 Å². The molecular weight excluding hydrogens is 362 g/mol. The molecule has 0 aromatic carbocycles. The molecule has 8 nitrogen and oxygen atoms in total. The molecule has 0 radical (unpaired) electrons. The summed E-state index contributed by atoms with van der Waals surface area (Å²) in [6.07, 6.45) is 5.80. The second-order valence-corrected chi connectivity index (χ2v) is 8.15. The highest BCUT2D eigenvalue weighted by molar-refractivity contribution is 6.01. The minimum absolute atomic E-state index is 0.0147. The van der Waals surface area contributed by atoms with Gasteiger partial charge in [0.1, 0.15) is 18.2 Å². The number of cyclic esters (lactones) is 1. The predicted molar refractivity (Wildman–Crippen MR) is 107 cm³/mol. The van der Waals surface area contributed by atoms with Crippen LogP contribution in [0.5, 0.6) is 0 Å². The number of likely N-dealkylation sites (N-methyl/N-ethyl adjacent to an activating group) is 1. The van der Waals surface area contributed by atoms with Gasteiger partial charge in [0.2, 0.25) is 11.9 Å². The van der Waals surface area contributed by atoms with E-state index in [4.69, 9.17) is 9.47 Å². The average Bonchev–Trinajstić information content (AvgIpc) is 2.57. The molecule has 0 aromatic rings. The third-order valence-electron chi connectivity index (χ3n) is 4.25. The molecule has 160 valence electrons. The summed E-state index contributed by atoms with van der Waals surface area (Å²) in [6.45, 7) is 7.05. The molecule has 1 N–H and O–H groups in total. The van der Waals surface area contributed by atoms with Crippen molar-refractivity contribution in [3.05, 3.63) is 0 Å². The van der Waals surface area contributed by atoms with Gasteiger partial charge >= 0.3 is 12.1 Å². The number of carbonyl (C=O) groups excluding carboxylic acids is 3. The lowest BCUT2D eigenvalue weighted by atomic mass is 10.1. The largest absolute Gasteiger partial charge is 0.461 e. The van der Waals surface area contributed by atoms with Gasteiger partial charge in [-0.05, 0) is 46.5 Å². The molecule has 1 unspecified atom stereocenters. The van der Waals surface area contributed by atoms with Crippen LogP contribution in [0.2, 0.25) is 0 Å². The van der Waals surface area contributed by atoms with Crippen molar-refractivity contribution in [3.63, 3.8) is 0 Å². The molecule has 1 saturated heterocycles. The maximum absolute atomic E-state index is 12.3. The molecule has 8 heteroatoms. The van der Waals surface area contributed by atoms with Crippen LogP contribution in [-0.2, 0) is 19.1 Å². The molecule has 0 saturated carbocycles. The first kappa shape index (κ1) is 23.9. The van der Waals surface area contributed by atoms with Gasteiger partial charge in [-0.15, -0.1) is 4.99 Å². The van der Waals surface area contributed by atoms with Gasteiger partial charge in [0, 0.05) is 13.5 Å². The zero-order chi connectivity index (χ0) is 21.2. The Morgan fingerprint density at radius 3 is 2.50 bits per heavy atom. The molecule has 1 aliphatic rings. The number of nitrogens with zero attached hydrogens (tertiary/aromatic N) is 2. The molecule has 1 rings (SSSR count). The Morgan fingerprint density at radius 2 is 1.86 bits per heavy atom. The maximum atomic E-state index is 12.3. The second-order valence-electron chi connectivity index (χ2n) is 8.15. The highest BCUT2D eigenvalue weighted by Gasteiger charge is 2.21. The summed E-state index contributed by atoms with van der Waals surface area (Å²) in [4.78, 5) is 41.9. The lowest BCUT2D eigenvalue weighted by Gasteiger charge is -2.23. The molecule has 0 spiro atoms. The van der Waals surface area contributed by atoms with Crippen molar-refractivity contribution >= 4 is 23.9 Å². The number of ether oxygens (including phenoxy) is 2. The normalized spacial score (nSPS) is 22.7. The first-order valence-electron chi connectivity index (χ1n) is 10.1. The fourth-order valence-corrected chi connectivity index (χ4v) is 2.79. The topological polar surface area (TPSA) is 97.3 Å². The summed E-state index contributed by atoms with van der Waals surface area (Å²) >= 11 is 0. The number of rotatable bonds is 1. The third-order valence-corrected chi connectivity index (χ3v) is 4.25. The predicted octanol–water partition coefficient (Wildman–Crippen LogP) is 3.39. The van der Waals surface area contributed by atoms with E-state index >= 15 is 0 Å². The highest BCUT2D eigenvalue weighted by Crippen LogP contribution is 2.14. The molecule has 1 atom stereocenters. The van der Waals surface area contributed by atoms with Crippen molar-refractivity contribution in [1.82, 2.24) is 10.2 Å². The van der Waals surface area contributed by atoms with Crippen LogP contribution in [-0.4, -0.2) is 54.1 Å². The van der Waals surface area contributed by atoms with Gasteiger partial charge < -0.3 is 14.4 Å². The van der Waals surface area contributed by atoms with E-state index in [1.165, 1.54) is 4.90 Å². The molecule has 0 aliphatic carbocycles. The molecule has 1 aliphatic heterocycles. The van der Waals surface area contributed by atoms with Crippen molar-refractivity contribution in [2.45, 2.75) is 90.8 Å². The smallest absolute Gasteiger partial charge is 0.437 e. The quantitative estimate of drug-likeness (QED) is 0.681. The summed E-state index contributed by atoms with van der Waals surface area (Å²) in [5.41, 5.74) is -0.712. The van der Waals surface area contributed by atoms with E-state index in [1.54, 1.807) is 27.8 Å². The Labute approximate surface area is 168 Å². The van der Waals surface area contributed by atoms with Crippen LogP contribution in [0.25, 0.3) is 0 Å². The minimum Gasteiger partial charge on any atom is -0.461 e. The number of guanidine groups is 1. The van der Waals surface area contributed by atoms with Gasteiger partial charge in [-0.1, -0.05) is 26.2 Å². The first-order chi connectivity index (χ1) is 13.1. The summed E-state index contributed by atoms with van der Waals surface area (Å²) in [6, 6.07) is 0. The van der Waals surface area contributed by atoms with Crippen LogP contribution < -0.4 is 5.32 Å². The molecule has 0 bridgehead atoms. The lowest BCUT2D eigenvalue weighted by molar-refractivity contribution is -0.149. The molecule has 1 fully saturated rings. The van der Waals surface area contributed by atoms with Crippen molar-refractivity contribution in [1.29, 1.82) is 0 Å². The molecular formula is C20H35N3O5. The molecule has 2 amide bonds. The van der Waals surface area contributed by atoms with Gasteiger partial charge in [0.25, 0.3) is 0 Å². The van der Waals surface area contributed by atoms with Gasteiger partial charge in [0.05, 0.1) is 0 Å². The first-order valence-corrected chi connectivity index (χ1v) is 10.1. The Hall–Kier alpha value is -2.12. The van der Waals surface area contributed by atoms with Crippen LogP contribution in [0, 0.1) is 0 Å². The van der Waals surface area contributed by atoms with E-state index < -0.39 is 17.7 Å². The number of hydrogen-bond donors (Lipinski definition) is 1. The molecule has 1 heterocycles. The van der Waals surface area contributed by atoms with Crippen molar-refractivity contribution in [3.8, 4) is 0 Å². The van der Waals surface area contributed by atoms with E-state index in [1.807, 2.05) is 6.92 Å². The lowest BCUT2D eigenvalue weighted by Crippen LogP contribution is -2.45. The Kier molecular flexibility index (Phi) is 9.96. The number of esters is 1. The summed E-state index contributed by atoms with van der Waals surface area (Å²) in [7, 11) is 1.57. The Morgan fingerprint density at radius 1 is 1.21 bits per heavy atom. The number of amides is 2. The van der Waals surface area contributed by atoms with Crippen LogP contribution >= 0.6 is 0 Å². The molecule has 0 aromatic heterocycles. The molecule has 28 heavy (non-hydrogen) atoms. The average molecular weight is 398 g/mol. The SMILES string of the molecule is CCC1CCCCCCCC(=O)NC(=NC(=O)OC(C)(C)C)N(C)CC(=O)O1.